The van der Waals surface area contributed by atoms with Crippen LogP contribution in [0.5, 0.6) is 5.75 Å². The molecule has 0 radical (unpaired) electrons. The summed E-state index contributed by atoms with van der Waals surface area (Å²) in [6.07, 6.45) is 4.80. The van der Waals surface area contributed by atoms with Crippen molar-refractivity contribution in [1.29, 1.82) is 0 Å². The first-order chi connectivity index (χ1) is 16.0. The maximum atomic E-state index is 13.2. The Labute approximate surface area is 205 Å². The van der Waals surface area contributed by atoms with E-state index < -0.39 is 6.04 Å². The van der Waals surface area contributed by atoms with Crippen LogP contribution in [0.3, 0.4) is 0 Å². The van der Waals surface area contributed by atoms with Crippen molar-refractivity contribution < 1.29 is 14.3 Å². The Bertz CT molecular complexity index is 937. The minimum Gasteiger partial charge on any atom is -0.496 e. The molecule has 0 saturated carbocycles. The van der Waals surface area contributed by atoms with Gasteiger partial charge >= 0.3 is 0 Å². The Morgan fingerprint density at radius 2 is 1.82 bits per heavy atom. The average molecular weight is 490 g/mol. The number of hydrogen-bond acceptors (Lipinski definition) is 5. The van der Waals surface area contributed by atoms with Gasteiger partial charge in [-0.2, -0.15) is 11.8 Å². The molecule has 0 unspecified atom stereocenters. The number of para-hydroxylation sites is 1. The van der Waals surface area contributed by atoms with Gasteiger partial charge in [0.2, 0.25) is 5.91 Å². The van der Waals surface area contributed by atoms with E-state index in [1.807, 2.05) is 24.5 Å². The van der Waals surface area contributed by atoms with E-state index in [-0.39, 0.29) is 17.9 Å². The summed E-state index contributed by atoms with van der Waals surface area (Å²) < 4.78 is 5.59. The highest BCUT2D eigenvalue weighted by molar-refractivity contribution is 7.98. The lowest BCUT2D eigenvalue weighted by atomic mass is 10.0. The standard InChI is InChI=1S/C25H32ClN3O3S/c1-32-23-12-6-4-10-19(23)22(29-14-7-8-15-29)17-27-25(31)21(13-16-33-2)28-24(30)18-9-3-5-11-20(18)26/h3-6,9-12,21-22H,7-8,13-17H2,1-2H3,(H,27,31)(H,28,30)/t21-,22-/m1/s1. The third kappa shape index (κ3) is 6.88. The summed E-state index contributed by atoms with van der Waals surface area (Å²) in [5, 5.41) is 6.34. The highest BCUT2D eigenvalue weighted by Crippen LogP contribution is 2.31. The number of rotatable bonds is 11. The van der Waals surface area contributed by atoms with Gasteiger partial charge in [0, 0.05) is 12.1 Å². The summed E-state index contributed by atoms with van der Waals surface area (Å²) in [7, 11) is 1.67. The molecule has 3 rings (SSSR count). The number of amides is 2. The van der Waals surface area contributed by atoms with E-state index in [4.69, 9.17) is 16.3 Å². The van der Waals surface area contributed by atoms with Crippen molar-refractivity contribution in [1.82, 2.24) is 15.5 Å². The number of nitrogens with one attached hydrogen (secondary N) is 2. The fraction of sp³-hybridized carbons (Fsp3) is 0.440. The molecule has 1 fully saturated rings. The summed E-state index contributed by atoms with van der Waals surface area (Å²) in [5.74, 6) is 1.03. The highest BCUT2D eigenvalue weighted by Gasteiger charge is 2.28. The number of benzene rings is 2. The quantitative estimate of drug-likeness (QED) is 0.496. The number of hydrogen-bond donors (Lipinski definition) is 2. The second-order valence-corrected chi connectivity index (χ2v) is 9.43. The van der Waals surface area contributed by atoms with E-state index in [1.54, 1.807) is 43.1 Å². The van der Waals surface area contributed by atoms with Crippen LogP contribution in [-0.2, 0) is 4.79 Å². The van der Waals surface area contributed by atoms with Gasteiger partial charge in [0.1, 0.15) is 11.8 Å². The van der Waals surface area contributed by atoms with E-state index >= 15 is 0 Å². The average Bonchev–Trinajstić information content (AvgIpc) is 3.37. The maximum Gasteiger partial charge on any atom is 0.253 e. The Balaban J connectivity index is 1.72. The molecule has 2 aromatic carbocycles. The second kappa shape index (κ2) is 12.9. The molecule has 0 aromatic heterocycles. The Kier molecular flexibility index (Phi) is 9.91. The summed E-state index contributed by atoms with van der Waals surface area (Å²) in [6.45, 7) is 2.41. The molecule has 2 aromatic rings. The third-order valence-corrected chi connectivity index (χ3v) is 6.87. The van der Waals surface area contributed by atoms with Crippen molar-refractivity contribution in [2.24, 2.45) is 0 Å². The number of carbonyl (C=O) groups is 2. The van der Waals surface area contributed by atoms with Crippen LogP contribution in [0.4, 0.5) is 0 Å². The molecule has 2 atom stereocenters. The SMILES string of the molecule is COc1ccccc1[C@@H](CNC(=O)[C@@H](CCSC)NC(=O)c1ccccc1Cl)N1CCCC1. The molecule has 2 N–H and O–H groups in total. The predicted octanol–water partition coefficient (Wildman–Crippen LogP) is 4.15. The van der Waals surface area contributed by atoms with Crippen molar-refractivity contribution in [3.05, 3.63) is 64.7 Å². The van der Waals surface area contributed by atoms with Crippen LogP contribution >= 0.6 is 23.4 Å². The lowest BCUT2D eigenvalue weighted by molar-refractivity contribution is -0.123. The molecule has 33 heavy (non-hydrogen) atoms. The van der Waals surface area contributed by atoms with Crippen LogP contribution in [0.2, 0.25) is 5.02 Å². The van der Waals surface area contributed by atoms with Crippen LogP contribution in [-0.4, -0.2) is 61.5 Å². The summed E-state index contributed by atoms with van der Waals surface area (Å²) in [5.41, 5.74) is 1.42. The van der Waals surface area contributed by atoms with Crippen LogP contribution in [0.1, 0.15) is 41.2 Å². The Morgan fingerprint density at radius 3 is 2.52 bits per heavy atom. The van der Waals surface area contributed by atoms with Gasteiger partial charge in [-0.25, -0.2) is 0 Å². The maximum absolute atomic E-state index is 13.2. The molecule has 0 aliphatic carbocycles. The smallest absolute Gasteiger partial charge is 0.253 e. The number of methoxy groups -OCH3 is 1. The highest BCUT2D eigenvalue weighted by atomic mass is 35.5. The zero-order valence-electron chi connectivity index (χ0n) is 19.2. The van der Waals surface area contributed by atoms with E-state index in [0.29, 0.717) is 23.6 Å². The van der Waals surface area contributed by atoms with Crippen molar-refractivity contribution in [2.75, 3.05) is 38.8 Å². The lowest BCUT2D eigenvalue weighted by Gasteiger charge is -2.30. The van der Waals surface area contributed by atoms with Crippen molar-refractivity contribution in [3.8, 4) is 5.75 Å². The van der Waals surface area contributed by atoms with Gasteiger partial charge in [0.25, 0.3) is 5.91 Å². The minimum absolute atomic E-state index is 0.00747. The molecule has 178 valence electrons. The minimum atomic E-state index is -0.641. The fourth-order valence-corrected chi connectivity index (χ4v) is 4.83. The lowest BCUT2D eigenvalue weighted by Crippen LogP contribution is -2.49. The molecular weight excluding hydrogens is 458 g/mol. The van der Waals surface area contributed by atoms with E-state index in [9.17, 15) is 9.59 Å². The largest absolute Gasteiger partial charge is 0.496 e. The van der Waals surface area contributed by atoms with Crippen molar-refractivity contribution >= 4 is 35.2 Å². The number of carbonyl (C=O) groups excluding carboxylic acids is 2. The number of thioether (sulfide) groups is 1. The fourth-order valence-electron chi connectivity index (χ4n) is 4.14. The van der Waals surface area contributed by atoms with Crippen molar-refractivity contribution in [3.63, 3.8) is 0 Å². The molecule has 6 nitrogen and oxygen atoms in total. The van der Waals surface area contributed by atoms with Gasteiger partial charge in [-0.1, -0.05) is 41.9 Å². The molecule has 1 aliphatic heterocycles. The van der Waals surface area contributed by atoms with Gasteiger partial charge in [0.15, 0.2) is 0 Å². The predicted molar refractivity (Wildman–Crippen MR) is 135 cm³/mol. The molecule has 1 aliphatic rings. The van der Waals surface area contributed by atoms with E-state index in [0.717, 1.165) is 43.0 Å². The second-order valence-electron chi connectivity index (χ2n) is 8.03. The van der Waals surface area contributed by atoms with Crippen molar-refractivity contribution in [2.45, 2.75) is 31.3 Å². The van der Waals surface area contributed by atoms with Gasteiger partial charge in [-0.05, 0) is 62.6 Å². The van der Waals surface area contributed by atoms with Crippen LogP contribution in [0.25, 0.3) is 0 Å². The summed E-state index contributed by atoms with van der Waals surface area (Å²) in [6, 6.07) is 14.2. The topological polar surface area (TPSA) is 70.7 Å². The first-order valence-corrected chi connectivity index (χ1v) is 13.0. The van der Waals surface area contributed by atoms with Gasteiger partial charge < -0.3 is 15.4 Å². The third-order valence-electron chi connectivity index (χ3n) is 5.90. The van der Waals surface area contributed by atoms with E-state index in [1.165, 1.54) is 0 Å². The van der Waals surface area contributed by atoms with Gasteiger partial charge in [-0.3, -0.25) is 14.5 Å². The molecular formula is C25H32ClN3O3S. The molecule has 1 heterocycles. The molecule has 2 amide bonds. The monoisotopic (exact) mass is 489 g/mol. The molecule has 1 saturated heterocycles. The van der Waals surface area contributed by atoms with Crippen LogP contribution < -0.4 is 15.4 Å². The first-order valence-electron chi connectivity index (χ1n) is 11.2. The van der Waals surface area contributed by atoms with Gasteiger partial charge in [-0.15, -0.1) is 0 Å². The number of nitrogens with zero attached hydrogens (tertiary/aromatic N) is 1. The summed E-state index contributed by atoms with van der Waals surface area (Å²) in [4.78, 5) is 28.4. The molecule has 8 heteroatoms. The van der Waals surface area contributed by atoms with Crippen LogP contribution in [0.15, 0.2) is 48.5 Å². The molecule has 0 spiro atoms. The Hall–Kier alpha value is -2.22. The van der Waals surface area contributed by atoms with E-state index in [2.05, 4.69) is 21.6 Å². The number of ether oxygens (including phenoxy) is 1. The first kappa shape index (κ1) is 25.4. The van der Waals surface area contributed by atoms with Crippen LogP contribution in [0, 0.1) is 0 Å². The number of likely N-dealkylation sites (tertiary alicyclic amines) is 1. The normalized spacial score (nSPS) is 15.6. The Morgan fingerprint density at radius 1 is 1.12 bits per heavy atom. The number of halogens is 1. The molecule has 0 bridgehead atoms. The summed E-state index contributed by atoms with van der Waals surface area (Å²) >= 11 is 7.81. The zero-order chi connectivity index (χ0) is 23.6. The zero-order valence-corrected chi connectivity index (χ0v) is 20.8. The van der Waals surface area contributed by atoms with Gasteiger partial charge in [0.05, 0.1) is 23.7 Å².